The number of nitrogens with two attached hydrogens (primary N) is 1. The SMILES string of the molecule is Cc1sc(N)nc1-c1cc(F)c(F)cc1F. The number of anilines is 1. The number of hydrogen-bond donors (Lipinski definition) is 1. The van der Waals surface area contributed by atoms with Crippen LogP contribution >= 0.6 is 11.3 Å². The van der Waals surface area contributed by atoms with Gasteiger partial charge in [-0.25, -0.2) is 18.2 Å². The topological polar surface area (TPSA) is 38.9 Å². The number of nitrogen functional groups attached to an aromatic ring is 1. The highest BCUT2D eigenvalue weighted by Crippen LogP contribution is 2.31. The molecular weight excluding hydrogens is 237 g/mol. The van der Waals surface area contributed by atoms with Gasteiger partial charge in [0.2, 0.25) is 0 Å². The van der Waals surface area contributed by atoms with Crippen molar-refractivity contribution in [2.45, 2.75) is 6.92 Å². The Morgan fingerprint density at radius 1 is 1.12 bits per heavy atom. The van der Waals surface area contributed by atoms with Gasteiger partial charge in [-0.15, -0.1) is 11.3 Å². The van der Waals surface area contributed by atoms with E-state index >= 15 is 0 Å². The van der Waals surface area contributed by atoms with E-state index in [0.29, 0.717) is 10.9 Å². The van der Waals surface area contributed by atoms with E-state index in [9.17, 15) is 13.2 Å². The predicted octanol–water partition coefficient (Wildman–Crippen LogP) is 3.12. The Labute approximate surface area is 93.5 Å². The summed E-state index contributed by atoms with van der Waals surface area (Å²) in [5, 5.41) is 0.261. The molecule has 0 bridgehead atoms. The highest BCUT2D eigenvalue weighted by atomic mass is 32.1. The van der Waals surface area contributed by atoms with Crippen LogP contribution in [0.25, 0.3) is 11.3 Å². The normalized spacial score (nSPS) is 10.8. The fraction of sp³-hybridized carbons (Fsp3) is 0.100. The number of benzene rings is 1. The Bertz CT molecular complexity index is 551. The van der Waals surface area contributed by atoms with Crippen molar-refractivity contribution in [1.29, 1.82) is 0 Å². The zero-order chi connectivity index (χ0) is 11.9. The second-order valence-corrected chi connectivity index (χ2v) is 4.44. The van der Waals surface area contributed by atoms with Crippen molar-refractivity contribution in [1.82, 2.24) is 4.98 Å². The first-order valence-corrected chi connectivity index (χ1v) is 5.18. The molecule has 2 aromatic rings. The van der Waals surface area contributed by atoms with Crippen molar-refractivity contribution in [3.05, 3.63) is 34.5 Å². The van der Waals surface area contributed by atoms with Gasteiger partial charge in [0, 0.05) is 16.5 Å². The van der Waals surface area contributed by atoms with Crippen molar-refractivity contribution in [3.63, 3.8) is 0 Å². The summed E-state index contributed by atoms with van der Waals surface area (Å²) in [6.07, 6.45) is 0. The van der Waals surface area contributed by atoms with Crippen molar-refractivity contribution in [3.8, 4) is 11.3 Å². The minimum Gasteiger partial charge on any atom is -0.375 e. The number of aromatic nitrogens is 1. The Kier molecular flexibility index (Phi) is 2.59. The lowest BCUT2D eigenvalue weighted by Crippen LogP contribution is -1.93. The van der Waals surface area contributed by atoms with Crippen LogP contribution in [0.3, 0.4) is 0 Å². The summed E-state index contributed by atoms with van der Waals surface area (Å²) in [6.45, 7) is 1.68. The molecule has 6 heteroatoms. The molecule has 2 N–H and O–H groups in total. The third-order valence-electron chi connectivity index (χ3n) is 2.08. The summed E-state index contributed by atoms with van der Waals surface area (Å²) in [6, 6.07) is 1.28. The molecule has 1 heterocycles. The summed E-state index contributed by atoms with van der Waals surface area (Å²) < 4.78 is 39.1. The predicted molar refractivity (Wildman–Crippen MR) is 56.6 cm³/mol. The van der Waals surface area contributed by atoms with Gasteiger partial charge in [-0.1, -0.05) is 0 Å². The fourth-order valence-corrected chi connectivity index (χ4v) is 2.07. The molecule has 0 aliphatic rings. The Morgan fingerprint density at radius 2 is 1.75 bits per heavy atom. The highest BCUT2D eigenvalue weighted by Gasteiger charge is 2.16. The van der Waals surface area contributed by atoms with Gasteiger partial charge in [0.05, 0.1) is 5.69 Å². The van der Waals surface area contributed by atoms with Gasteiger partial charge in [0.1, 0.15) is 5.82 Å². The van der Waals surface area contributed by atoms with E-state index < -0.39 is 17.5 Å². The molecule has 0 spiro atoms. The first-order valence-electron chi connectivity index (χ1n) is 4.37. The van der Waals surface area contributed by atoms with Crippen LogP contribution < -0.4 is 5.73 Å². The van der Waals surface area contributed by atoms with E-state index in [4.69, 9.17) is 5.73 Å². The lowest BCUT2D eigenvalue weighted by molar-refractivity contribution is 0.496. The lowest BCUT2D eigenvalue weighted by Gasteiger charge is -2.02. The molecule has 1 aromatic carbocycles. The summed E-state index contributed by atoms with van der Waals surface area (Å²) in [4.78, 5) is 4.53. The molecule has 0 saturated carbocycles. The Hall–Kier alpha value is -1.56. The van der Waals surface area contributed by atoms with Crippen molar-refractivity contribution in [2.75, 3.05) is 5.73 Å². The van der Waals surface area contributed by atoms with Crippen molar-refractivity contribution in [2.24, 2.45) is 0 Å². The molecule has 16 heavy (non-hydrogen) atoms. The minimum absolute atomic E-state index is 0.0793. The third kappa shape index (κ3) is 1.76. The first-order chi connectivity index (χ1) is 7.49. The Morgan fingerprint density at radius 3 is 2.31 bits per heavy atom. The molecular formula is C10H7F3N2S. The van der Waals surface area contributed by atoms with Crippen LogP contribution in [0.15, 0.2) is 12.1 Å². The van der Waals surface area contributed by atoms with Gasteiger partial charge < -0.3 is 5.73 Å². The summed E-state index contributed by atoms with van der Waals surface area (Å²) >= 11 is 1.17. The molecule has 0 atom stereocenters. The van der Waals surface area contributed by atoms with Crippen LogP contribution in [0.1, 0.15) is 4.88 Å². The van der Waals surface area contributed by atoms with Crippen LogP contribution in [0, 0.1) is 24.4 Å². The molecule has 0 aliphatic carbocycles. The third-order valence-corrected chi connectivity index (χ3v) is 2.88. The van der Waals surface area contributed by atoms with E-state index in [0.717, 1.165) is 6.07 Å². The first kappa shape index (κ1) is 10.9. The number of hydrogen-bond acceptors (Lipinski definition) is 3. The molecule has 0 amide bonds. The molecule has 0 unspecified atom stereocenters. The lowest BCUT2D eigenvalue weighted by atomic mass is 10.1. The summed E-state index contributed by atoms with van der Waals surface area (Å²) in [5.74, 6) is -3.18. The summed E-state index contributed by atoms with van der Waals surface area (Å²) in [5.41, 5.74) is 5.62. The fourth-order valence-electron chi connectivity index (χ4n) is 1.37. The number of thiazole rings is 1. The zero-order valence-electron chi connectivity index (χ0n) is 8.22. The van der Waals surface area contributed by atoms with E-state index in [2.05, 4.69) is 4.98 Å². The average Bonchev–Trinajstić information content (AvgIpc) is 2.51. The molecule has 2 rings (SSSR count). The standard InChI is InChI=1S/C10H7F3N2S/c1-4-9(15-10(14)16-4)5-2-7(12)8(13)3-6(5)11/h2-3H,1H3,(H2,14,15). The smallest absolute Gasteiger partial charge is 0.180 e. The number of halogens is 3. The van der Waals surface area contributed by atoms with E-state index in [1.54, 1.807) is 6.92 Å². The molecule has 0 aliphatic heterocycles. The van der Waals surface area contributed by atoms with Gasteiger partial charge >= 0.3 is 0 Å². The minimum atomic E-state index is -1.22. The van der Waals surface area contributed by atoms with Gasteiger partial charge in [0.25, 0.3) is 0 Å². The number of nitrogens with zero attached hydrogens (tertiary/aromatic N) is 1. The maximum atomic E-state index is 13.4. The molecule has 2 nitrogen and oxygen atoms in total. The average molecular weight is 244 g/mol. The van der Waals surface area contributed by atoms with E-state index in [-0.39, 0.29) is 16.4 Å². The van der Waals surface area contributed by atoms with Crippen LogP contribution in [0.2, 0.25) is 0 Å². The maximum Gasteiger partial charge on any atom is 0.180 e. The molecule has 0 fully saturated rings. The van der Waals surface area contributed by atoms with Crippen molar-refractivity contribution >= 4 is 16.5 Å². The van der Waals surface area contributed by atoms with Crippen LogP contribution in [-0.2, 0) is 0 Å². The van der Waals surface area contributed by atoms with Gasteiger partial charge in [-0.3, -0.25) is 0 Å². The number of rotatable bonds is 1. The van der Waals surface area contributed by atoms with Crippen LogP contribution in [0.4, 0.5) is 18.3 Å². The molecule has 1 aromatic heterocycles. The van der Waals surface area contributed by atoms with E-state index in [1.165, 1.54) is 11.3 Å². The molecule has 84 valence electrons. The molecule has 0 radical (unpaired) electrons. The second kappa shape index (κ2) is 3.79. The summed E-state index contributed by atoms with van der Waals surface area (Å²) in [7, 11) is 0. The molecule has 0 saturated heterocycles. The Balaban J connectivity index is 2.64. The van der Waals surface area contributed by atoms with Crippen LogP contribution in [0.5, 0.6) is 0 Å². The largest absolute Gasteiger partial charge is 0.375 e. The second-order valence-electron chi connectivity index (χ2n) is 3.20. The number of aryl methyl sites for hydroxylation is 1. The van der Waals surface area contributed by atoms with Crippen LogP contribution in [-0.4, -0.2) is 4.98 Å². The maximum absolute atomic E-state index is 13.4. The van der Waals surface area contributed by atoms with Gasteiger partial charge in [-0.05, 0) is 13.0 Å². The monoisotopic (exact) mass is 244 g/mol. The highest BCUT2D eigenvalue weighted by molar-refractivity contribution is 7.15. The van der Waals surface area contributed by atoms with Crippen molar-refractivity contribution < 1.29 is 13.2 Å². The van der Waals surface area contributed by atoms with E-state index in [1.807, 2.05) is 0 Å². The quantitative estimate of drug-likeness (QED) is 0.783. The zero-order valence-corrected chi connectivity index (χ0v) is 9.04. The van der Waals surface area contributed by atoms with Gasteiger partial charge in [-0.2, -0.15) is 0 Å². The van der Waals surface area contributed by atoms with Gasteiger partial charge in [0.15, 0.2) is 16.8 Å².